The second-order valence-electron chi connectivity index (χ2n) is 5.16. The van der Waals surface area contributed by atoms with Crippen LogP contribution < -0.4 is 11.1 Å². The number of para-hydroxylation sites is 1. The SMILES string of the molecule is CCC(CC)N(C)CCC(=O)Nc1ccccc1C(N)=S. The van der Waals surface area contributed by atoms with Crippen molar-refractivity contribution in [3.05, 3.63) is 29.8 Å². The van der Waals surface area contributed by atoms with Gasteiger partial charge in [0.2, 0.25) is 5.91 Å². The molecule has 3 N–H and O–H groups in total. The third kappa shape index (κ3) is 5.44. The van der Waals surface area contributed by atoms with E-state index in [-0.39, 0.29) is 5.91 Å². The van der Waals surface area contributed by atoms with Gasteiger partial charge in [-0.05, 0) is 32.0 Å². The number of hydrogen-bond acceptors (Lipinski definition) is 3. The molecule has 0 aliphatic heterocycles. The summed E-state index contributed by atoms with van der Waals surface area (Å²) in [5.41, 5.74) is 7.04. The van der Waals surface area contributed by atoms with Crippen LogP contribution in [-0.4, -0.2) is 35.4 Å². The Bertz CT molecular complexity index is 486. The smallest absolute Gasteiger partial charge is 0.225 e. The number of nitrogens with one attached hydrogen (secondary N) is 1. The van der Waals surface area contributed by atoms with Crippen molar-refractivity contribution in [2.75, 3.05) is 18.9 Å². The summed E-state index contributed by atoms with van der Waals surface area (Å²) in [7, 11) is 2.06. The lowest BCUT2D eigenvalue weighted by Crippen LogP contribution is -2.33. The average molecular weight is 307 g/mol. The van der Waals surface area contributed by atoms with Gasteiger partial charge in [-0.15, -0.1) is 0 Å². The predicted octanol–water partition coefficient (Wildman–Crippen LogP) is 2.77. The van der Waals surface area contributed by atoms with Crippen molar-refractivity contribution in [2.45, 2.75) is 39.2 Å². The molecule has 116 valence electrons. The lowest BCUT2D eigenvalue weighted by molar-refractivity contribution is -0.116. The van der Waals surface area contributed by atoms with Gasteiger partial charge in [-0.25, -0.2) is 0 Å². The molecule has 0 unspecified atom stereocenters. The third-order valence-electron chi connectivity index (χ3n) is 3.72. The molecule has 1 amide bonds. The fraction of sp³-hybridized carbons (Fsp3) is 0.500. The van der Waals surface area contributed by atoms with Gasteiger partial charge in [-0.1, -0.05) is 38.2 Å². The van der Waals surface area contributed by atoms with Gasteiger partial charge in [0.15, 0.2) is 0 Å². The van der Waals surface area contributed by atoms with Crippen molar-refractivity contribution in [3.63, 3.8) is 0 Å². The number of hydrogen-bond donors (Lipinski definition) is 2. The zero-order valence-electron chi connectivity index (χ0n) is 13.1. The van der Waals surface area contributed by atoms with E-state index < -0.39 is 0 Å². The summed E-state index contributed by atoms with van der Waals surface area (Å²) in [5.74, 6) is -0.0171. The van der Waals surface area contributed by atoms with E-state index in [4.69, 9.17) is 18.0 Å². The molecule has 0 atom stereocenters. The van der Waals surface area contributed by atoms with Crippen LogP contribution in [0.2, 0.25) is 0 Å². The first kappa shape index (κ1) is 17.6. The van der Waals surface area contributed by atoms with E-state index in [9.17, 15) is 4.79 Å². The number of thiocarbonyl (C=S) groups is 1. The topological polar surface area (TPSA) is 58.4 Å². The van der Waals surface area contributed by atoms with E-state index in [1.807, 2.05) is 24.3 Å². The average Bonchev–Trinajstić information content (AvgIpc) is 2.46. The Morgan fingerprint density at radius 3 is 2.52 bits per heavy atom. The zero-order valence-corrected chi connectivity index (χ0v) is 13.9. The van der Waals surface area contributed by atoms with E-state index >= 15 is 0 Å². The summed E-state index contributed by atoms with van der Waals surface area (Å²) in [6.45, 7) is 5.08. The molecule has 0 heterocycles. The van der Waals surface area contributed by atoms with Crippen LogP contribution in [0.15, 0.2) is 24.3 Å². The molecule has 0 aliphatic rings. The maximum Gasteiger partial charge on any atom is 0.225 e. The third-order valence-corrected chi connectivity index (χ3v) is 3.94. The molecule has 0 fully saturated rings. The Morgan fingerprint density at radius 2 is 1.95 bits per heavy atom. The molecule has 1 rings (SSSR count). The molecule has 1 aromatic rings. The van der Waals surface area contributed by atoms with Crippen LogP contribution in [0.1, 0.15) is 38.7 Å². The maximum absolute atomic E-state index is 12.1. The van der Waals surface area contributed by atoms with Gasteiger partial charge < -0.3 is 16.0 Å². The minimum atomic E-state index is -0.0171. The largest absolute Gasteiger partial charge is 0.389 e. The number of rotatable bonds is 8. The van der Waals surface area contributed by atoms with Gasteiger partial charge in [0, 0.05) is 24.6 Å². The second kappa shape index (κ2) is 8.74. The minimum absolute atomic E-state index is 0.0171. The molecule has 0 saturated carbocycles. The molecular formula is C16H25N3OS. The lowest BCUT2D eigenvalue weighted by atomic mass is 10.1. The fourth-order valence-corrected chi connectivity index (χ4v) is 2.57. The monoisotopic (exact) mass is 307 g/mol. The van der Waals surface area contributed by atoms with Crippen LogP contribution in [0.3, 0.4) is 0 Å². The fourth-order valence-electron chi connectivity index (χ4n) is 2.39. The van der Waals surface area contributed by atoms with Gasteiger partial charge in [-0.3, -0.25) is 4.79 Å². The van der Waals surface area contributed by atoms with Gasteiger partial charge in [-0.2, -0.15) is 0 Å². The van der Waals surface area contributed by atoms with Gasteiger partial charge in [0.25, 0.3) is 0 Å². The number of carbonyl (C=O) groups excluding carboxylic acids is 1. The Balaban J connectivity index is 2.57. The Hall–Kier alpha value is -1.46. The summed E-state index contributed by atoms with van der Waals surface area (Å²) < 4.78 is 0. The van der Waals surface area contributed by atoms with Crippen molar-refractivity contribution in [1.82, 2.24) is 4.90 Å². The summed E-state index contributed by atoms with van der Waals surface area (Å²) in [5, 5.41) is 2.89. The van der Waals surface area contributed by atoms with E-state index in [0.717, 1.165) is 19.4 Å². The Labute approximate surface area is 132 Å². The summed E-state index contributed by atoms with van der Waals surface area (Å²) in [6.07, 6.45) is 2.65. The first-order valence-electron chi connectivity index (χ1n) is 7.38. The lowest BCUT2D eigenvalue weighted by Gasteiger charge is -2.25. The Morgan fingerprint density at radius 1 is 1.33 bits per heavy atom. The number of anilines is 1. The van der Waals surface area contributed by atoms with E-state index in [1.54, 1.807) is 0 Å². The quantitative estimate of drug-likeness (QED) is 0.725. The molecule has 0 saturated heterocycles. The van der Waals surface area contributed by atoms with Crippen molar-refractivity contribution in [3.8, 4) is 0 Å². The molecule has 0 aliphatic carbocycles. The van der Waals surface area contributed by atoms with Crippen LogP contribution in [0, 0.1) is 0 Å². The highest BCUT2D eigenvalue weighted by Gasteiger charge is 2.13. The predicted molar refractivity (Wildman–Crippen MR) is 92.6 cm³/mol. The molecule has 0 spiro atoms. The van der Waals surface area contributed by atoms with Crippen molar-refractivity contribution in [1.29, 1.82) is 0 Å². The van der Waals surface area contributed by atoms with Crippen LogP contribution in [0.25, 0.3) is 0 Å². The van der Waals surface area contributed by atoms with Crippen LogP contribution in [0.5, 0.6) is 0 Å². The molecule has 0 radical (unpaired) electrons. The summed E-state index contributed by atoms with van der Waals surface area (Å²) in [4.78, 5) is 14.6. The highest BCUT2D eigenvalue weighted by molar-refractivity contribution is 7.80. The zero-order chi connectivity index (χ0) is 15.8. The van der Waals surface area contributed by atoms with E-state index in [2.05, 4.69) is 31.1 Å². The molecule has 0 aromatic heterocycles. The number of amides is 1. The first-order valence-corrected chi connectivity index (χ1v) is 7.79. The minimum Gasteiger partial charge on any atom is -0.389 e. The molecule has 21 heavy (non-hydrogen) atoms. The standard InChI is InChI=1S/C16H25N3OS/c1-4-12(5-2)19(3)11-10-15(20)18-14-9-7-6-8-13(14)16(17)21/h6-9,12H,4-5,10-11H2,1-3H3,(H2,17,21)(H,18,20). The number of carbonyl (C=O) groups is 1. The molecule has 5 heteroatoms. The molecule has 0 bridgehead atoms. The first-order chi connectivity index (χ1) is 9.99. The van der Waals surface area contributed by atoms with Crippen LogP contribution in [0.4, 0.5) is 5.69 Å². The number of nitrogens with two attached hydrogens (primary N) is 1. The van der Waals surface area contributed by atoms with E-state index in [1.165, 1.54) is 0 Å². The molecule has 4 nitrogen and oxygen atoms in total. The van der Waals surface area contributed by atoms with Gasteiger partial charge in [0.05, 0.1) is 5.69 Å². The highest BCUT2D eigenvalue weighted by atomic mass is 32.1. The molecule has 1 aromatic carbocycles. The van der Waals surface area contributed by atoms with Crippen molar-refractivity contribution in [2.24, 2.45) is 5.73 Å². The van der Waals surface area contributed by atoms with Crippen molar-refractivity contribution >= 4 is 28.8 Å². The number of benzene rings is 1. The molecular weight excluding hydrogens is 282 g/mol. The second-order valence-corrected chi connectivity index (χ2v) is 5.60. The van der Waals surface area contributed by atoms with Crippen molar-refractivity contribution < 1.29 is 4.79 Å². The van der Waals surface area contributed by atoms with Crippen LogP contribution in [-0.2, 0) is 4.79 Å². The van der Waals surface area contributed by atoms with Crippen LogP contribution >= 0.6 is 12.2 Å². The summed E-state index contributed by atoms with van der Waals surface area (Å²) >= 11 is 4.99. The van der Waals surface area contributed by atoms with E-state index in [0.29, 0.717) is 28.7 Å². The highest BCUT2D eigenvalue weighted by Crippen LogP contribution is 2.15. The maximum atomic E-state index is 12.1. The van der Waals surface area contributed by atoms with Gasteiger partial charge >= 0.3 is 0 Å². The normalized spacial score (nSPS) is 10.9. The Kier molecular flexibility index (Phi) is 7.32. The summed E-state index contributed by atoms with van der Waals surface area (Å²) in [6, 6.07) is 7.87. The number of nitrogens with zero attached hydrogens (tertiary/aromatic N) is 1. The van der Waals surface area contributed by atoms with Gasteiger partial charge in [0.1, 0.15) is 4.99 Å².